The van der Waals surface area contributed by atoms with Gasteiger partial charge in [0.25, 0.3) is 0 Å². The van der Waals surface area contributed by atoms with Gasteiger partial charge in [0, 0.05) is 38.8 Å². The van der Waals surface area contributed by atoms with Crippen LogP contribution >= 0.6 is 11.6 Å². The predicted octanol–water partition coefficient (Wildman–Crippen LogP) is 4.41. The number of likely N-dealkylation sites (tertiary alicyclic amines) is 2. The summed E-state index contributed by atoms with van der Waals surface area (Å²) in [5.41, 5.74) is 0.963. The highest BCUT2D eigenvalue weighted by atomic mass is 35.5. The molecular weight excluding hydrogens is 414 g/mol. The van der Waals surface area contributed by atoms with E-state index in [0.717, 1.165) is 44.1 Å². The molecule has 1 aromatic rings. The summed E-state index contributed by atoms with van der Waals surface area (Å²) in [7, 11) is -1.67. The van der Waals surface area contributed by atoms with Crippen molar-refractivity contribution in [1.82, 2.24) is 20.0 Å². The van der Waals surface area contributed by atoms with Crippen LogP contribution < -0.4 is 5.32 Å². The van der Waals surface area contributed by atoms with Gasteiger partial charge in [-0.2, -0.15) is 0 Å². The number of aryl methyl sites for hydroxylation is 1. The van der Waals surface area contributed by atoms with Crippen molar-refractivity contribution < 1.29 is 4.43 Å². The minimum atomic E-state index is -1.67. The fourth-order valence-corrected chi connectivity index (χ4v) is 5.57. The molecule has 0 bridgehead atoms. The molecule has 1 aromatic heterocycles. The van der Waals surface area contributed by atoms with E-state index < -0.39 is 8.32 Å². The Bertz CT molecular complexity index is 711. The third-order valence-electron chi connectivity index (χ3n) is 7.01. The molecule has 1 N–H and O–H groups in total. The maximum atomic E-state index is 6.64. The van der Waals surface area contributed by atoms with Crippen LogP contribution in [0.4, 0.5) is 5.82 Å². The molecule has 2 saturated heterocycles. The zero-order chi connectivity index (χ0) is 21.9. The predicted molar refractivity (Wildman–Crippen MR) is 128 cm³/mol. The number of nitrogens with one attached hydrogen (secondary N) is 1. The smallest absolute Gasteiger partial charge is 0.192 e. The number of nitrogens with zero attached hydrogens (tertiary/aromatic N) is 4. The molecule has 3 heterocycles. The molecule has 170 valence electrons. The van der Waals surface area contributed by atoms with Crippen molar-refractivity contribution in [3.8, 4) is 0 Å². The number of hydrogen-bond acceptors (Lipinski definition) is 6. The first kappa shape index (κ1) is 23.9. The van der Waals surface area contributed by atoms with E-state index in [4.69, 9.17) is 16.0 Å². The molecule has 8 heteroatoms. The van der Waals surface area contributed by atoms with Crippen LogP contribution in [0.2, 0.25) is 23.3 Å². The number of rotatable bonds is 7. The molecule has 0 amide bonds. The highest BCUT2D eigenvalue weighted by Gasteiger charge is 2.40. The second-order valence-electron chi connectivity index (χ2n) is 10.6. The van der Waals surface area contributed by atoms with Gasteiger partial charge in [0.15, 0.2) is 13.5 Å². The third kappa shape index (κ3) is 6.39. The largest absolute Gasteiger partial charge is 0.413 e. The van der Waals surface area contributed by atoms with Gasteiger partial charge in [0.05, 0.1) is 6.10 Å². The van der Waals surface area contributed by atoms with E-state index in [-0.39, 0.29) is 5.04 Å². The molecule has 30 heavy (non-hydrogen) atoms. The highest BCUT2D eigenvalue weighted by molar-refractivity contribution is 6.74. The lowest BCUT2D eigenvalue weighted by atomic mass is 10.1. The molecule has 6 nitrogen and oxygen atoms in total. The number of halogens is 1. The molecule has 0 unspecified atom stereocenters. The zero-order valence-corrected chi connectivity index (χ0v) is 21.4. The highest BCUT2D eigenvalue weighted by Crippen LogP contribution is 2.38. The summed E-state index contributed by atoms with van der Waals surface area (Å²) in [6.07, 6.45) is 3.97. The van der Waals surface area contributed by atoms with Crippen molar-refractivity contribution in [2.24, 2.45) is 0 Å². The van der Waals surface area contributed by atoms with Crippen LogP contribution in [0.15, 0.2) is 6.07 Å². The van der Waals surface area contributed by atoms with Gasteiger partial charge >= 0.3 is 0 Å². The topological polar surface area (TPSA) is 53.5 Å². The quantitative estimate of drug-likeness (QED) is 0.617. The lowest BCUT2D eigenvalue weighted by molar-refractivity contribution is 0.162. The minimum absolute atomic E-state index is 0.281. The fourth-order valence-electron chi connectivity index (χ4n) is 4.10. The van der Waals surface area contributed by atoms with Gasteiger partial charge in [-0.25, -0.2) is 0 Å². The third-order valence-corrected chi connectivity index (χ3v) is 11.9. The number of anilines is 1. The number of piperidine rings is 1. The Balaban J connectivity index is 1.42. The van der Waals surface area contributed by atoms with Crippen LogP contribution in [-0.2, 0) is 4.43 Å². The van der Waals surface area contributed by atoms with Crippen molar-refractivity contribution in [3.05, 3.63) is 16.8 Å². The molecular formula is C22H40ClN5OSi. The standard InChI is InChI=1S/C22H40ClN5OSi/c1-17-14-20(25-26-21(17)23)24-18-8-7-10-27(15-18)12-13-28-11-9-19(16-28)29-30(5,6)22(2,3)4/h14,18-19H,7-13,15-16H2,1-6H3,(H,24,25)/t18-,19-/m1/s1. The molecule has 2 atom stereocenters. The molecule has 0 radical (unpaired) electrons. The number of hydrogen-bond donors (Lipinski definition) is 1. The second-order valence-corrected chi connectivity index (χ2v) is 15.7. The lowest BCUT2D eigenvalue weighted by Gasteiger charge is -2.38. The van der Waals surface area contributed by atoms with Gasteiger partial charge < -0.3 is 14.6 Å². The van der Waals surface area contributed by atoms with E-state index in [2.05, 4.69) is 59.2 Å². The first-order valence-corrected chi connectivity index (χ1v) is 14.7. The summed E-state index contributed by atoms with van der Waals surface area (Å²) in [6, 6.07) is 2.41. The van der Waals surface area contributed by atoms with E-state index >= 15 is 0 Å². The lowest BCUT2D eigenvalue weighted by Crippen LogP contribution is -2.46. The molecule has 2 aliphatic heterocycles. The SMILES string of the molecule is Cc1cc(N[C@@H]2CCCN(CCN3CC[C@@H](O[Si](C)(C)C(C)(C)C)C3)C2)nnc1Cl. The van der Waals surface area contributed by atoms with Crippen LogP contribution in [0.3, 0.4) is 0 Å². The molecule has 0 aliphatic carbocycles. The summed E-state index contributed by atoms with van der Waals surface area (Å²) in [6.45, 7) is 20.4. The summed E-state index contributed by atoms with van der Waals surface area (Å²) >= 11 is 6.00. The van der Waals surface area contributed by atoms with Gasteiger partial charge in [-0.15, -0.1) is 10.2 Å². The molecule has 0 spiro atoms. The Kier molecular flexibility index (Phi) is 7.83. The fraction of sp³-hybridized carbons (Fsp3) is 0.818. The van der Waals surface area contributed by atoms with E-state index in [1.54, 1.807) is 0 Å². The summed E-state index contributed by atoms with van der Waals surface area (Å²) in [5, 5.41) is 12.5. The van der Waals surface area contributed by atoms with E-state index in [1.807, 2.05) is 13.0 Å². The Hall–Kier alpha value is -0.733. The van der Waals surface area contributed by atoms with E-state index in [0.29, 0.717) is 17.3 Å². The summed E-state index contributed by atoms with van der Waals surface area (Å²) in [5.74, 6) is 0.828. The van der Waals surface area contributed by atoms with Gasteiger partial charge in [-0.1, -0.05) is 32.4 Å². The van der Waals surface area contributed by atoms with Crippen molar-refractivity contribution >= 4 is 25.7 Å². The first-order valence-electron chi connectivity index (χ1n) is 11.4. The van der Waals surface area contributed by atoms with E-state index in [9.17, 15) is 0 Å². The monoisotopic (exact) mass is 453 g/mol. The van der Waals surface area contributed by atoms with Gasteiger partial charge in [-0.05, 0) is 62.5 Å². The summed E-state index contributed by atoms with van der Waals surface area (Å²) < 4.78 is 6.64. The van der Waals surface area contributed by atoms with Crippen LogP contribution in [0.25, 0.3) is 0 Å². The Morgan fingerprint density at radius 3 is 2.50 bits per heavy atom. The van der Waals surface area contributed by atoms with Crippen LogP contribution in [0.5, 0.6) is 0 Å². The van der Waals surface area contributed by atoms with Crippen LogP contribution in [0.1, 0.15) is 45.6 Å². The molecule has 3 rings (SSSR count). The molecule has 2 aliphatic rings. The molecule has 0 aromatic carbocycles. The average molecular weight is 454 g/mol. The Labute approximate surface area is 188 Å². The zero-order valence-electron chi connectivity index (χ0n) is 19.7. The van der Waals surface area contributed by atoms with Gasteiger partial charge in [-0.3, -0.25) is 4.90 Å². The van der Waals surface area contributed by atoms with Crippen molar-refractivity contribution in [3.63, 3.8) is 0 Å². The Morgan fingerprint density at radius 1 is 1.13 bits per heavy atom. The van der Waals surface area contributed by atoms with Gasteiger partial charge in [0.1, 0.15) is 5.82 Å². The van der Waals surface area contributed by atoms with Crippen molar-refractivity contribution in [1.29, 1.82) is 0 Å². The van der Waals surface area contributed by atoms with Crippen LogP contribution in [-0.4, -0.2) is 79.7 Å². The van der Waals surface area contributed by atoms with Crippen molar-refractivity contribution in [2.75, 3.05) is 44.6 Å². The summed E-state index contributed by atoms with van der Waals surface area (Å²) in [4.78, 5) is 5.17. The number of aromatic nitrogens is 2. The normalized spacial score (nSPS) is 24.4. The van der Waals surface area contributed by atoms with E-state index in [1.165, 1.54) is 25.8 Å². The first-order chi connectivity index (χ1) is 14.0. The Morgan fingerprint density at radius 2 is 1.83 bits per heavy atom. The molecule has 2 fully saturated rings. The second kappa shape index (κ2) is 9.82. The van der Waals surface area contributed by atoms with Crippen molar-refractivity contribution in [2.45, 2.75) is 77.2 Å². The average Bonchev–Trinajstić information content (AvgIpc) is 3.09. The maximum absolute atomic E-state index is 6.64. The molecule has 0 saturated carbocycles. The minimum Gasteiger partial charge on any atom is -0.413 e. The maximum Gasteiger partial charge on any atom is 0.192 e. The van der Waals surface area contributed by atoms with Gasteiger partial charge in [0.2, 0.25) is 0 Å². The van der Waals surface area contributed by atoms with Crippen LogP contribution in [0, 0.1) is 6.92 Å².